The fourth-order valence-electron chi connectivity index (χ4n) is 2.62. The van der Waals surface area contributed by atoms with E-state index in [1.54, 1.807) is 13.2 Å². The first-order valence-corrected chi connectivity index (χ1v) is 7.17. The maximum absolute atomic E-state index is 9.63. The van der Waals surface area contributed by atoms with Crippen molar-refractivity contribution in [1.82, 2.24) is 4.90 Å². The summed E-state index contributed by atoms with van der Waals surface area (Å²) < 4.78 is 5.23. The SMILES string of the molecule is CCC(CC)N(CCOC)C(C)c1cccc(O)c1. The third-order valence-corrected chi connectivity index (χ3v) is 3.82. The van der Waals surface area contributed by atoms with Crippen LogP contribution >= 0.6 is 0 Å². The number of aromatic hydroxyl groups is 1. The molecule has 1 aromatic carbocycles. The van der Waals surface area contributed by atoms with Crippen molar-refractivity contribution in [2.75, 3.05) is 20.3 Å². The summed E-state index contributed by atoms with van der Waals surface area (Å²) >= 11 is 0. The summed E-state index contributed by atoms with van der Waals surface area (Å²) in [6.07, 6.45) is 2.26. The minimum Gasteiger partial charge on any atom is -0.508 e. The Kier molecular flexibility index (Phi) is 6.89. The second-order valence-corrected chi connectivity index (χ2v) is 4.97. The van der Waals surface area contributed by atoms with E-state index in [2.05, 4.69) is 31.7 Å². The molecule has 0 amide bonds. The van der Waals surface area contributed by atoms with Crippen LogP contribution in [0.2, 0.25) is 0 Å². The van der Waals surface area contributed by atoms with Crippen LogP contribution in [0.3, 0.4) is 0 Å². The van der Waals surface area contributed by atoms with Gasteiger partial charge in [-0.15, -0.1) is 0 Å². The second-order valence-electron chi connectivity index (χ2n) is 4.97. The number of phenols is 1. The summed E-state index contributed by atoms with van der Waals surface area (Å²) in [5.41, 5.74) is 1.16. The molecule has 1 rings (SSSR count). The molecular formula is C16H27NO2. The molecule has 0 spiro atoms. The molecule has 0 saturated carbocycles. The average molecular weight is 265 g/mol. The average Bonchev–Trinajstić information content (AvgIpc) is 2.43. The van der Waals surface area contributed by atoms with Gasteiger partial charge >= 0.3 is 0 Å². The van der Waals surface area contributed by atoms with E-state index in [-0.39, 0.29) is 6.04 Å². The molecule has 0 aliphatic heterocycles. The molecule has 0 heterocycles. The number of methoxy groups -OCH3 is 1. The van der Waals surface area contributed by atoms with E-state index in [0.717, 1.165) is 31.6 Å². The summed E-state index contributed by atoms with van der Waals surface area (Å²) in [4.78, 5) is 2.47. The van der Waals surface area contributed by atoms with Crippen molar-refractivity contribution in [2.45, 2.75) is 45.7 Å². The zero-order chi connectivity index (χ0) is 14.3. The van der Waals surface area contributed by atoms with Crippen molar-refractivity contribution < 1.29 is 9.84 Å². The summed E-state index contributed by atoms with van der Waals surface area (Å²) in [6, 6.07) is 8.38. The van der Waals surface area contributed by atoms with E-state index in [9.17, 15) is 5.11 Å². The number of benzene rings is 1. The molecule has 0 aliphatic carbocycles. The largest absolute Gasteiger partial charge is 0.508 e. The highest BCUT2D eigenvalue weighted by molar-refractivity contribution is 5.29. The van der Waals surface area contributed by atoms with Crippen LogP contribution in [0.1, 0.15) is 45.2 Å². The number of hydrogen-bond donors (Lipinski definition) is 1. The maximum Gasteiger partial charge on any atom is 0.115 e. The van der Waals surface area contributed by atoms with E-state index < -0.39 is 0 Å². The topological polar surface area (TPSA) is 32.7 Å². The normalized spacial score (nSPS) is 13.2. The van der Waals surface area contributed by atoms with Crippen LogP contribution in [-0.4, -0.2) is 36.3 Å². The highest BCUT2D eigenvalue weighted by Gasteiger charge is 2.22. The van der Waals surface area contributed by atoms with Crippen LogP contribution in [-0.2, 0) is 4.74 Å². The molecule has 1 aromatic rings. The van der Waals surface area contributed by atoms with Gasteiger partial charge in [-0.2, -0.15) is 0 Å². The lowest BCUT2D eigenvalue weighted by Gasteiger charge is -2.36. The van der Waals surface area contributed by atoms with Gasteiger partial charge in [0.25, 0.3) is 0 Å². The van der Waals surface area contributed by atoms with Gasteiger partial charge in [-0.05, 0) is 37.5 Å². The lowest BCUT2D eigenvalue weighted by molar-refractivity contribution is 0.0854. The van der Waals surface area contributed by atoms with Crippen LogP contribution in [0.25, 0.3) is 0 Å². The molecule has 108 valence electrons. The van der Waals surface area contributed by atoms with Gasteiger partial charge in [-0.25, -0.2) is 0 Å². The van der Waals surface area contributed by atoms with Crippen molar-refractivity contribution >= 4 is 0 Å². The summed E-state index contributed by atoms with van der Waals surface area (Å²) in [5.74, 6) is 0.334. The third kappa shape index (κ3) is 4.51. The smallest absolute Gasteiger partial charge is 0.115 e. The van der Waals surface area contributed by atoms with Gasteiger partial charge < -0.3 is 9.84 Å². The molecule has 0 fully saturated rings. The number of nitrogens with zero attached hydrogens (tertiary/aromatic N) is 1. The fraction of sp³-hybridized carbons (Fsp3) is 0.625. The molecule has 0 bridgehead atoms. The number of ether oxygens (including phenoxy) is 1. The molecule has 0 aliphatic rings. The maximum atomic E-state index is 9.63. The number of phenolic OH excluding ortho intramolecular Hbond substituents is 1. The first kappa shape index (κ1) is 16.0. The molecule has 19 heavy (non-hydrogen) atoms. The molecule has 3 nitrogen and oxygen atoms in total. The van der Waals surface area contributed by atoms with E-state index >= 15 is 0 Å². The predicted octanol–water partition coefficient (Wildman–Crippen LogP) is 3.59. The van der Waals surface area contributed by atoms with E-state index in [0.29, 0.717) is 11.8 Å². The lowest BCUT2D eigenvalue weighted by atomic mass is 10.0. The summed E-state index contributed by atoms with van der Waals surface area (Å²) in [6.45, 7) is 8.30. The van der Waals surface area contributed by atoms with Gasteiger partial charge in [-0.1, -0.05) is 26.0 Å². The predicted molar refractivity (Wildman–Crippen MR) is 79.5 cm³/mol. The minimum absolute atomic E-state index is 0.284. The molecular weight excluding hydrogens is 238 g/mol. The van der Waals surface area contributed by atoms with Gasteiger partial charge in [0.15, 0.2) is 0 Å². The summed E-state index contributed by atoms with van der Waals surface area (Å²) in [5, 5.41) is 9.63. The van der Waals surface area contributed by atoms with Crippen molar-refractivity contribution in [3.05, 3.63) is 29.8 Å². The van der Waals surface area contributed by atoms with Crippen LogP contribution in [0.4, 0.5) is 0 Å². The van der Waals surface area contributed by atoms with Gasteiger partial charge in [0.1, 0.15) is 5.75 Å². The van der Waals surface area contributed by atoms with Crippen molar-refractivity contribution in [3.8, 4) is 5.75 Å². The van der Waals surface area contributed by atoms with Gasteiger partial charge in [0.2, 0.25) is 0 Å². The number of hydrogen-bond acceptors (Lipinski definition) is 3. The first-order chi connectivity index (χ1) is 9.13. The Morgan fingerprint density at radius 1 is 1.26 bits per heavy atom. The third-order valence-electron chi connectivity index (χ3n) is 3.82. The first-order valence-electron chi connectivity index (χ1n) is 7.17. The Bertz CT molecular complexity index is 364. The van der Waals surface area contributed by atoms with Crippen LogP contribution in [0, 0.1) is 0 Å². The van der Waals surface area contributed by atoms with E-state index in [4.69, 9.17) is 4.74 Å². The quantitative estimate of drug-likeness (QED) is 0.779. The highest BCUT2D eigenvalue weighted by atomic mass is 16.5. The fourth-order valence-corrected chi connectivity index (χ4v) is 2.62. The van der Waals surface area contributed by atoms with Crippen LogP contribution < -0.4 is 0 Å². The van der Waals surface area contributed by atoms with Gasteiger partial charge in [0, 0.05) is 25.7 Å². The molecule has 0 saturated heterocycles. The Morgan fingerprint density at radius 3 is 2.47 bits per heavy atom. The molecule has 0 aromatic heterocycles. The molecule has 3 heteroatoms. The van der Waals surface area contributed by atoms with E-state index in [1.165, 1.54) is 0 Å². The molecule has 1 N–H and O–H groups in total. The van der Waals surface area contributed by atoms with Crippen molar-refractivity contribution in [2.24, 2.45) is 0 Å². The lowest BCUT2D eigenvalue weighted by Crippen LogP contribution is -2.39. The standard InChI is InChI=1S/C16H27NO2/c1-5-15(6-2)17(10-11-19-4)13(3)14-8-7-9-16(18)12-14/h7-9,12-13,15,18H,5-6,10-11H2,1-4H3. The zero-order valence-corrected chi connectivity index (χ0v) is 12.6. The number of rotatable bonds is 8. The Morgan fingerprint density at radius 2 is 1.95 bits per heavy atom. The Hall–Kier alpha value is -1.06. The minimum atomic E-state index is 0.284. The molecule has 1 unspecified atom stereocenters. The molecule has 1 atom stereocenters. The Balaban J connectivity index is 2.89. The molecule has 0 radical (unpaired) electrons. The Labute approximate surface area is 117 Å². The summed E-state index contributed by atoms with van der Waals surface area (Å²) in [7, 11) is 1.74. The van der Waals surface area contributed by atoms with Crippen LogP contribution in [0.5, 0.6) is 5.75 Å². The van der Waals surface area contributed by atoms with Crippen LogP contribution in [0.15, 0.2) is 24.3 Å². The monoisotopic (exact) mass is 265 g/mol. The van der Waals surface area contributed by atoms with E-state index in [1.807, 2.05) is 12.1 Å². The second kappa shape index (κ2) is 8.18. The zero-order valence-electron chi connectivity index (χ0n) is 12.6. The van der Waals surface area contributed by atoms with Gasteiger partial charge in [-0.3, -0.25) is 4.90 Å². The van der Waals surface area contributed by atoms with Crippen molar-refractivity contribution in [1.29, 1.82) is 0 Å². The van der Waals surface area contributed by atoms with Crippen molar-refractivity contribution in [3.63, 3.8) is 0 Å². The highest BCUT2D eigenvalue weighted by Crippen LogP contribution is 2.26. The van der Waals surface area contributed by atoms with Gasteiger partial charge in [0.05, 0.1) is 6.61 Å².